The molecule has 1 atom stereocenters. The second-order valence-corrected chi connectivity index (χ2v) is 7.92. The largest absolute Gasteiger partial charge is 0.497 e. The van der Waals surface area contributed by atoms with Crippen LogP contribution in [-0.2, 0) is 9.53 Å². The molecule has 0 fully saturated rings. The first-order chi connectivity index (χ1) is 16.1. The van der Waals surface area contributed by atoms with E-state index in [9.17, 15) is 4.79 Å². The third kappa shape index (κ3) is 3.53. The van der Waals surface area contributed by atoms with E-state index in [2.05, 4.69) is 28.9 Å². The smallest absolute Gasteiger partial charge is 0.338 e. The normalized spacial score (nSPS) is 15.2. The third-order valence-corrected chi connectivity index (χ3v) is 5.99. The van der Waals surface area contributed by atoms with Crippen LogP contribution in [0.25, 0.3) is 16.7 Å². The monoisotopic (exact) mass is 439 g/mol. The maximum atomic E-state index is 13.5. The summed E-state index contributed by atoms with van der Waals surface area (Å²) in [6, 6.07) is 23.3. The highest BCUT2D eigenvalue weighted by Gasteiger charge is 2.37. The lowest BCUT2D eigenvalue weighted by molar-refractivity contribution is -0.138. The van der Waals surface area contributed by atoms with Gasteiger partial charge in [0.05, 0.1) is 42.1 Å². The Morgan fingerprint density at radius 2 is 1.76 bits per heavy atom. The maximum absolute atomic E-state index is 13.5. The molecule has 1 aliphatic heterocycles. The van der Waals surface area contributed by atoms with Crippen LogP contribution in [0, 0.1) is 6.92 Å². The summed E-state index contributed by atoms with van der Waals surface area (Å²) in [5.41, 5.74) is 6.01. The van der Waals surface area contributed by atoms with E-state index in [-0.39, 0.29) is 12.6 Å². The molecule has 2 heterocycles. The molecule has 1 aromatic heterocycles. The number of ether oxygens (including phenoxy) is 2. The first-order valence-corrected chi connectivity index (χ1v) is 11.0. The van der Waals surface area contributed by atoms with Crippen molar-refractivity contribution in [1.82, 2.24) is 9.55 Å². The molecule has 0 amide bonds. The van der Waals surface area contributed by atoms with Crippen molar-refractivity contribution in [3.63, 3.8) is 0 Å². The molecule has 0 unspecified atom stereocenters. The second kappa shape index (κ2) is 8.47. The van der Waals surface area contributed by atoms with E-state index in [4.69, 9.17) is 14.5 Å². The SMILES string of the molecule is CCOC(=O)C1=C(c2ccc(OC)cc2)Nc2nc3ccccc3n2[C@@H]1c1ccccc1C. The number of benzene rings is 3. The van der Waals surface area contributed by atoms with Gasteiger partial charge in [-0.2, -0.15) is 0 Å². The molecule has 6 heteroatoms. The van der Waals surface area contributed by atoms with Gasteiger partial charge in [-0.25, -0.2) is 9.78 Å². The molecule has 166 valence electrons. The Morgan fingerprint density at radius 1 is 1.03 bits per heavy atom. The summed E-state index contributed by atoms with van der Waals surface area (Å²) in [6.07, 6.45) is 0. The Kier molecular flexibility index (Phi) is 5.34. The van der Waals surface area contributed by atoms with Crippen LogP contribution in [0.5, 0.6) is 5.75 Å². The molecule has 4 aromatic rings. The number of hydrogen-bond donors (Lipinski definition) is 1. The second-order valence-electron chi connectivity index (χ2n) is 7.92. The number of esters is 1. The Hall–Kier alpha value is -4.06. The van der Waals surface area contributed by atoms with E-state index >= 15 is 0 Å². The number of methoxy groups -OCH3 is 1. The van der Waals surface area contributed by atoms with Gasteiger partial charge in [0.2, 0.25) is 5.95 Å². The molecule has 0 radical (unpaired) electrons. The van der Waals surface area contributed by atoms with Crippen LogP contribution in [-0.4, -0.2) is 29.2 Å². The molecule has 0 aliphatic carbocycles. The first-order valence-electron chi connectivity index (χ1n) is 11.0. The van der Waals surface area contributed by atoms with Crippen molar-refractivity contribution in [1.29, 1.82) is 0 Å². The van der Waals surface area contributed by atoms with Crippen molar-refractivity contribution in [3.8, 4) is 5.75 Å². The van der Waals surface area contributed by atoms with Crippen molar-refractivity contribution in [2.45, 2.75) is 19.9 Å². The highest BCUT2D eigenvalue weighted by Crippen LogP contribution is 2.43. The predicted octanol–water partition coefficient (Wildman–Crippen LogP) is 5.34. The van der Waals surface area contributed by atoms with Crippen molar-refractivity contribution in [2.75, 3.05) is 19.0 Å². The Morgan fingerprint density at radius 3 is 2.48 bits per heavy atom. The number of carbonyl (C=O) groups is 1. The first kappa shape index (κ1) is 20.8. The minimum atomic E-state index is -0.397. The fourth-order valence-electron chi connectivity index (χ4n) is 4.44. The van der Waals surface area contributed by atoms with Gasteiger partial charge >= 0.3 is 5.97 Å². The van der Waals surface area contributed by atoms with Crippen LogP contribution in [0.15, 0.2) is 78.4 Å². The van der Waals surface area contributed by atoms with E-state index in [1.807, 2.05) is 67.6 Å². The number of carbonyl (C=O) groups excluding carboxylic acids is 1. The Bertz CT molecular complexity index is 1370. The van der Waals surface area contributed by atoms with Crippen LogP contribution in [0.2, 0.25) is 0 Å². The molecule has 33 heavy (non-hydrogen) atoms. The van der Waals surface area contributed by atoms with Crippen LogP contribution < -0.4 is 10.1 Å². The lowest BCUT2D eigenvalue weighted by atomic mass is 9.90. The van der Waals surface area contributed by atoms with Gasteiger partial charge in [0, 0.05) is 0 Å². The van der Waals surface area contributed by atoms with E-state index < -0.39 is 6.04 Å². The Labute approximate surface area is 192 Å². The maximum Gasteiger partial charge on any atom is 0.338 e. The highest BCUT2D eigenvalue weighted by atomic mass is 16.5. The fourth-order valence-corrected chi connectivity index (χ4v) is 4.44. The topological polar surface area (TPSA) is 65.4 Å². The molecule has 1 aliphatic rings. The predicted molar refractivity (Wildman–Crippen MR) is 129 cm³/mol. The van der Waals surface area contributed by atoms with Crippen LogP contribution in [0.4, 0.5) is 5.95 Å². The van der Waals surface area contributed by atoms with Crippen molar-refractivity contribution in [2.24, 2.45) is 0 Å². The molecule has 5 rings (SSSR count). The number of aromatic nitrogens is 2. The molecule has 3 aromatic carbocycles. The van der Waals surface area contributed by atoms with Gasteiger partial charge in [-0.1, -0.05) is 36.4 Å². The summed E-state index contributed by atoms with van der Waals surface area (Å²) in [4.78, 5) is 18.3. The number of nitrogens with zero attached hydrogens (tertiary/aromatic N) is 2. The number of aryl methyl sites for hydroxylation is 1. The molecular formula is C27H25N3O3. The zero-order valence-corrected chi connectivity index (χ0v) is 18.8. The number of hydrogen-bond acceptors (Lipinski definition) is 5. The lowest BCUT2D eigenvalue weighted by Crippen LogP contribution is -2.29. The number of rotatable bonds is 5. The number of fused-ring (bicyclic) bond motifs is 3. The Balaban J connectivity index is 1.83. The zero-order valence-electron chi connectivity index (χ0n) is 18.8. The summed E-state index contributed by atoms with van der Waals surface area (Å²) < 4.78 is 13.0. The number of imidazole rings is 1. The quantitative estimate of drug-likeness (QED) is 0.425. The van der Waals surface area contributed by atoms with Crippen molar-refractivity contribution < 1.29 is 14.3 Å². The van der Waals surface area contributed by atoms with Crippen molar-refractivity contribution >= 4 is 28.6 Å². The van der Waals surface area contributed by atoms with Gasteiger partial charge in [0.15, 0.2) is 0 Å². The molecule has 0 bridgehead atoms. The van der Waals surface area contributed by atoms with Gasteiger partial charge < -0.3 is 14.8 Å². The number of para-hydroxylation sites is 2. The third-order valence-electron chi connectivity index (χ3n) is 5.99. The standard InChI is InChI=1S/C27H25N3O3/c1-4-33-26(31)23-24(18-13-15-19(32-3)16-14-18)29-27-28-21-11-7-8-12-22(21)30(27)25(23)20-10-6-5-9-17(20)2/h5-16,25H,4H2,1-3H3,(H,28,29)/t25-/m1/s1. The van der Waals surface area contributed by atoms with Gasteiger partial charge in [0.1, 0.15) is 5.75 Å². The summed E-state index contributed by atoms with van der Waals surface area (Å²) in [6.45, 7) is 4.17. The van der Waals surface area contributed by atoms with E-state index in [1.54, 1.807) is 7.11 Å². The van der Waals surface area contributed by atoms with Crippen LogP contribution >= 0.6 is 0 Å². The molecular weight excluding hydrogens is 414 g/mol. The van der Waals surface area contributed by atoms with Crippen LogP contribution in [0.3, 0.4) is 0 Å². The van der Waals surface area contributed by atoms with Gasteiger partial charge in [0.25, 0.3) is 0 Å². The van der Waals surface area contributed by atoms with Gasteiger partial charge in [-0.3, -0.25) is 4.57 Å². The van der Waals surface area contributed by atoms with Gasteiger partial charge in [-0.15, -0.1) is 0 Å². The number of nitrogens with one attached hydrogen (secondary N) is 1. The average molecular weight is 440 g/mol. The van der Waals surface area contributed by atoms with E-state index in [1.165, 1.54) is 0 Å². The van der Waals surface area contributed by atoms with Gasteiger partial charge in [-0.05, 0) is 66.9 Å². The summed E-state index contributed by atoms with van der Waals surface area (Å²) in [7, 11) is 1.63. The van der Waals surface area contributed by atoms with E-state index in [0.29, 0.717) is 17.2 Å². The fraction of sp³-hybridized carbons (Fsp3) is 0.185. The molecule has 0 saturated heterocycles. The molecule has 0 saturated carbocycles. The summed E-state index contributed by atoms with van der Waals surface area (Å²) in [5, 5.41) is 3.44. The lowest BCUT2D eigenvalue weighted by Gasteiger charge is -2.32. The van der Waals surface area contributed by atoms with Crippen molar-refractivity contribution in [3.05, 3.63) is 95.1 Å². The summed E-state index contributed by atoms with van der Waals surface area (Å²) in [5.74, 6) is 1.08. The summed E-state index contributed by atoms with van der Waals surface area (Å²) >= 11 is 0. The highest BCUT2D eigenvalue weighted by molar-refractivity contribution is 6.03. The zero-order chi connectivity index (χ0) is 22.9. The van der Waals surface area contributed by atoms with E-state index in [0.717, 1.165) is 33.5 Å². The number of anilines is 1. The van der Waals surface area contributed by atoms with Crippen LogP contribution in [0.1, 0.15) is 29.7 Å². The minimum Gasteiger partial charge on any atom is -0.497 e. The molecule has 1 N–H and O–H groups in total. The minimum absolute atomic E-state index is 0.288. The average Bonchev–Trinajstić information content (AvgIpc) is 3.22. The molecule has 6 nitrogen and oxygen atoms in total. The molecule has 0 spiro atoms.